The van der Waals surface area contributed by atoms with Crippen LogP contribution in [-0.2, 0) is 6.54 Å². The molecule has 3 heteroatoms. The maximum absolute atomic E-state index is 10.9. The van der Waals surface area contributed by atoms with Gasteiger partial charge in [-0.15, -0.1) is 0 Å². The van der Waals surface area contributed by atoms with E-state index in [1.165, 1.54) is 19.3 Å². The molecule has 1 fully saturated rings. The van der Waals surface area contributed by atoms with Crippen LogP contribution < -0.4 is 5.43 Å². The summed E-state index contributed by atoms with van der Waals surface area (Å²) in [5.74, 6) is 0. The normalized spacial score (nSPS) is 18.9. The molecule has 2 nitrogen and oxygen atoms in total. The second-order valence-electron chi connectivity index (χ2n) is 4.19. The molecule has 1 saturated carbocycles. The molecule has 1 aliphatic rings. The lowest BCUT2D eigenvalue weighted by Gasteiger charge is -2.41. The van der Waals surface area contributed by atoms with Crippen LogP contribution in [0.1, 0.15) is 19.3 Å². The first-order valence-corrected chi connectivity index (χ1v) is 6.08. The van der Waals surface area contributed by atoms with Crippen LogP contribution in [-0.4, -0.2) is 9.90 Å². The molecule has 0 atom stereocenters. The van der Waals surface area contributed by atoms with Gasteiger partial charge in [0, 0.05) is 36.4 Å². The third-order valence-corrected chi connectivity index (χ3v) is 4.27. The first-order chi connectivity index (χ1) is 6.74. The third kappa shape index (κ3) is 1.92. The number of hydrogen-bond acceptors (Lipinski definition) is 1. The average molecular weight is 256 g/mol. The van der Waals surface area contributed by atoms with Crippen LogP contribution in [0.3, 0.4) is 0 Å². The smallest absolute Gasteiger partial charge is 0.181 e. The Morgan fingerprint density at radius 1 is 1.36 bits per heavy atom. The molecule has 14 heavy (non-hydrogen) atoms. The summed E-state index contributed by atoms with van der Waals surface area (Å²) in [6, 6.07) is 3.25. The number of alkyl halides is 1. The summed E-state index contributed by atoms with van der Waals surface area (Å²) in [5.41, 5.74) is 0.525. The van der Waals surface area contributed by atoms with Gasteiger partial charge in [0.1, 0.15) is 0 Å². The van der Waals surface area contributed by atoms with Crippen LogP contribution in [0, 0.1) is 5.41 Å². The van der Waals surface area contributed by atoms with E-state index in [2.05, 4.69) is 20.5 Å². The zero-order valence-corrected chi connectivity index (χ0v) is 9.66. The topological polar surface area (TPSA) is 22.0 Å². The maximum atomic E-state index is 10.9. The van der Waals surface area contributed by atoms with Crippen molar-refractivity contribution >= 4 is 15.9 Å². The second-order valence-corrected chi connectivity index (χ2v) is 4.75. The number of halogens is 1. The van der Waals surface area contributed by atoms with Gasteiger partial charge >= 0.3 is 0 Å². The van der Waals surface area contributed by atoms with Crippen LogP contribution >= 0.6 is 15.9 Å². The van der Waals surface area contributed by atoms with Crippen molar-refractivity contribution in [1.82, 2.24) is 4.57 Å². The third-order valence-electron chi connectivity index (χ3n) is 3.08. The molecule has 76 valence electrons. The van der Waals surface area contributed by atoms with Crippen molar-refractivity contribution in [3.8, 4) is 0 Å². The van der Waals surface area contributed by atoms with E-state index in [-0.39, 0.29) is 5.43 Å². The highest BCUT2D eigenvalue weighted by molar-refractivity contribution is 9.09. The van der Waals surface area contributed by atoms with Gasteiger partial charge in [0.15, 0.2) is 5.43 Å². The highest BCUT2D eigenvalue weighted by Gasteiger charge is 2.35. The van der Waals surface area contributed by atoms with Gasteiger partial charge in [-0.2, -0.15) is 0 Å². The quantitative estimate of drug-likeness (QED) is 0.761. The van der Waals surface area contributed by atoms with Gasteiger partial charge < -0.3 is 4.57 Å². The van der Waals surface area contributed by atoms with E-state index in [9.17, 15) is 4.79 Å². The minimum absolute atomic E-state index is 0.0859. The van der Waals surface area contributed by atoms with Gasteiger partial charge in [0.25, 0.3) is 0 Å². The zero-order valence-electron chi connectivity index (χ0n) is 8.08. The fourth-order valence-electron chi connectivity index (χ4n) is 1.95. The molecule has 0 aromatic carbocycles. The van der Waals surface area contributed by atoms with Crippen LogP contribution in [0.2, 0.25) is 0 Å². The predicted octanol–water partition coefficient (Wildman–Crippen LogP) is 2.41. The van der Waals surface area contributed by atoms with Crippen molar-refractivity contribution in [1.29, 1.82) is 0 Å². The first-order valence-electron chi connectivity index (χ1n) is 4.96. The molecular weight excluding hydrogens is 242 g/mol. The Hall–Kier alpha value is -0.570. The Morgan fingerprint density at radius 3 is 2.43 bits per heavy atom. The second kappa shape index (κ2) is 3.89. The van der Waals surface area contributed by atoms with E-state index in [0.29, 0.717) is 5.41 Å². The van der Waals surface area contributed by atoms with E-state index in [1.54, 1.807) is 12.1 Å². The lowest BCUT2D eigenvalue weighted by atomic mass is 9.70. The van der Waals surface area contributed by atoms with Gasteiger partial charge in [0.2, 0.25) is 0 Å². The zero-order chi connectivity index (χ0) is 10.0. The molecule has 2 rings (SSSR count). The Kier molecular flexibility index (Phi) is 2.77. The standard InChI is InChI=1S/C11H14BrNO/c12-8-11(4-1-5-11)9-13-6-2-10(14)3-7-13/h2-3,6-7H,1,4-5,8-9H2. The molecule has 1 heterocycles. The van der Waals surface area contributed by atoms with Crippen molar-refractivity contribution in [2.75, 3.05) is 5.33 Å². The van der Waals surface area contributed by atoms with E-state index in [1.807, 2.05) is 12.4 Å². The molecule has 0 spiro atoms. The SMILES string of the molecule is O=c1ccn(CC2(CBr)CCC2)cc1. The number of pyridine rings is 1. The molecule has 0 bridgehead atoms. The van der Waals surface area contributed by atoms with Crippen LogP contribution in [0.25, 0.3) is 0 Å². The highest BCUT2D eigenvalue weighted by atomic mass is 79.9. The molecule has 0 amide bonds. The number of aromatic nitrogens is 1. The molecule has 0 saturated heterocycles. The molecule has 0 unspecified atom stereocenters. The molecular formula is C11H14BrNO. The summed E-state index contributed by atoms with van der Waals surface area (Å²) in [4.78, 5) is 10.9. The summed E-state index contributed by atoms with van der Waals surface area (Å²) in [7, 11) is 0. The molecule has 0 N–H and O–H groups in total. The molecule has 1 aromatic heterocycles. The monoisotopic (exact) mass is 255 g/mol. The lowest BCUT2D eigenvalue weighted by Crippen LogP contribution is -2.35. The minimum Gasteiger partial charge on any atom is -0.353 e. The van der Waals surface area contributed by atoms with Gasteiger partial charge in [0.05, 0.1) is 0 Å². The Bertz CT molecular complexity index is 342. The van der Waals surface area contributed by atoms with Crippen molar-refractivity contribution in [3.05, 3.63) is 34.7 Å². The van der Waals surface area contributed by atoms with Crippen molar-refractivity contribution in [3.63, 3.8) is 0 Å². The lowest BCUT2D eigenvalue weighted by molar-refractivity contribution is 0.140. The van der Waals surface area contributed by atoms with Crippen molar-refractivity contribution in [2.24, 2.45) is 5.41 Å². The summed E-state index contributed by atoms with van der Waals surface area (Å²) >= 11 is 3.58. The van der Waals surface area contributed by atoms with Crippen LogP contribution in [0.4, 0.5) is 0 Å². The van der Waals surface area contributed by atoms with E-state index in [0.717, 1.165) is 11.9 Å². The summed E-state index contributed by atoms with van der Waals surface area (Å²) in [6.07, 6.45) is 7.69. The maximum Gasteiger partial charge on any atom is 0.181 e. The highest BCUT2D eigenvalue weighted by Crippen LogP contribution is 2.43. The van der Waals surface area contributed by atoms with E-state index < -0.39 is 0 Å². The van der Waals surface area contributed by atoms with E-state index >= 15 is 0 Å². The Balaban J connectivity index is 2.10. The summed E-state index contributed by atoms with van der Waals surface area (Å²) in [6.45, 7) is 1.03. The molecule has 0 aliphatic heterocycles. The number of rotatable bonds is 3. The van der Waals surface area contributed by atoms with Gasteiger partial charge in [-0.05, 0) is 18.3 Å². The first kappa shape index (κ1) is 9.97. The van der Waals surface area contributed by atoms with E-state index in [4.69, 9.17) is 0 Å². The predicted molar refractivity (Wildman–Crippen MR) is 60.8 cm³/mol. The Labute approximate surface area is 92.1 Å². The van der Waals surface area contributed by atoms with Crippen molar-refractivity contribution in [2.45, 2.75) is 25.8 Å². The Morgan fingerprint density at radius 2 is 2.00 bits per heavy atom. The molecule has 1 aromatic rings. The summed E-state index contributed by atoms with van der Waals surface area (Å²) in [5, 5.41) is 1.06. The van der Waals surface area contributed by atoms with Gasteiger partial charge in [-0.1, -0.05) is 22.4 Å². The van der Waals surface area contributed by atoms with Gasteiger partial charge in [-0.25, -0.2) is 0 Å². The van der Waals surface area contributed by atoms with Gasteiger partial charge in [-0.3, -0.25) is 4.79 Å². The minimum atomic E-state index is 0.0859. The molecule has 1 aliphatic carbocycles. The largest absolute Gasteiger partial charge is 0.353 e. The van der Waals surface area contributed by atoms with Crippen LogP contribution in [0.15, 0.2) is 29.3 Å². The summed E-state index contributed by atoms with van der Waals surface area (Å²) < 4.78 is 2.11. The number of nitrogens with zero attached hydrogens (tertiary/aromatic N) is 1. The fourth-order valence-corrected chi connectivity index (χ4v) is 2.69. The van der Waals surface area contributed by atoms with Crippen molar-refractivity contribution < 1.29 is 0 Å². The average Bonchev–Trinajstić information content (AvgIpc) is 2.15. The van der Waals surface area contributed by atoms with Crippen LogP contribution in [0.5, 0.6) is 0 Å². The molecule has 0 radical (unpaired) electrons. The number of hydrogen-bond donors (Lipinski definition) is 0. The fraction of sp³-hybridized carbons (Fsp3) is 0.545.